The summed E-state index contributed by atoms with van der Waals surface area (Å²) in [5.41, 5.74) is 5.41. The number of halogens is 1. The highest BCUT2D eigenvalue weighted by Crippen LogP contribution is 2.16. The number of hydrogen-bond acceptors (Lipinski definition) is 3. The van der Waals surface area contributed by atoms with Gasteiger partial charge in [0.2, 0.25) is 0 Å². The molecule has 0 aromatic heterocycles. The third-order valence-electron chi connectivity index (χ3n) is 2.70. The molecule has 4 nitrogen and oxygen atoms in total. The van der Waals surface area contributed by atoms with Gasteiger partial charge in [-0.25, -0.2) is 4.39 Å². The van der Waals surface area contributed by atoms with Crippen LogP contribution in [0.1, 0.15) is 30.1 Å². The molecule has 0 spiro atoms. The van der Waals surface area contributed by atoms with Crippen LogP contribution in [0.2, 0.25) is 0 Å². The monoisotopic (exact) mass is 284 g/mol. The Morgan fingerprint density at radius 1 is 1.58 bits per heavy atom. The molecule has 1 atom stereocenters. The summed E-state index contributed by atoms with van der Waals surface area (Å²) in [6.45, 7) is 1.90. The topological polar surface area (TPSA) is 64.3 Å². The lowest BCUT2D eigenvalue weighted by atomic mass is 10.1. The molecule has 1 unspecified atom stereocenters. The van der Waals surface area contributed by atoms with Gasteiger partial charge >= 0.3 is 0 Å². The van der Waals surface area contributed by atoms with Gasteiger partial charge < -0.3 is 15.8 Å². The van der Waals surface area contributed by atoms with E-state index in [-0.39, 0.29) is 11.6 Å². The minimum atomic E-state index is -0.623. The van der Waals surface area contributed by atoms with Crippen LogP contribution in [0.15, 0.2) is 18.2 Å². The highest BCUT2D eigenvalue weighted by molar-refractivity contribution is 7.80. The first-order valence-electron chi connectivity index (χ1n) is 5.90. The number of ether oxygens (including phenoxy) is 1. The molecule has 1 aromatic rings. The van der Waals surface area contributed by atoms with Gasteiger partial charge in [0.25, 0.3) is 5.91 Å². The first kappa shape index (κ1) is 15.4. The summed E-state index contributed by atoms with van der Waals surface area (Å²) < 4.78 is 18.6. The van der Waals surface area contributed by atoms with Gasteiger partial charge in [0, 0.05) is 18.5 Å². The fourth-order valence-corrected chi connectivity index (χ4v) is 1.81. The average molecular weight is 284 g/mol. The maximum Gasteiger partial charge on any atom is 0.254 e. The molecular formula is C13H17FN2O2S. The number of carbonyl (C=O) groups is 1. The standard InChI is InChI=1S/C13H17FN2O2S/c1-3-8(6-12(15)19)16-13(17)10-5-4-9(18-2)7-11(10)14/h4-5,7-8H,3,6H2,1-2H3,(H2,15,19)(H,16,17). The second-order valence-electron chi connectivity index (χ2n) is 4.09. The van der Waals surface area contributed by atoms with Crippen molar-refractivity contribution in [1.29, 1.82) is 0 Å². The predicted molar refractivity (Wildman–Crippen MR) is 75.9 cm³/mol. The fourth-order valence-electron chi connectivity index (χ4n) is 1.61. The van der Waals surface area contributed by atoms with E-state index in [1.807, 2.05) is 6.92 Å². The van der Waals surface area contributed by atoms with Crippen molar-refractivity contribution in [3.8, 4) is 5.75 Å². The second kappa shape index (κ2) is 7.04. The van der Waals surface area contributed by atoms with E-state index in [1.165, 1.54) is 25.3 Å². The lowest BCUT2D eigenvalue weighted by Gasteiger charge is -2.16. The van der Waals surface area contributed by atoms with Crippen molar-refractivity contribution in [1.82, 2.24) is 5.32 Å². The van der Waals surface area contributed by atoms with Gasteiger partial charge in [-0.1, -0.05) is 19.1 Å². The van der Waals surface area contributed by atoms with E-state index >= 15 is 0 Å². The molecule has 19 heavy (non-hydrogen) atoms. The molecular weight excluding hydrogens is 267 g/mol. The minimum absolute atomic E-state index is 0.0258. The lowest BCUT2D eigenvalue weighted by Crippen LogP contribution is -2.37. The summed E-state index contributed by atoms with van der Waals surface area (Å²) in [5.74, 6) is -0.741. The van der Waals surface area contributed by atoms with Gasteiger partial charge in [-0.2, -0.15) is 0 Å². The van der Waals surface area contributed by atoms with Crippen molar-refractivity contribution in [3.05, 3.63) is 29.6 Å². The van der Waals surface area contributed by atoms with Crippen molar-refractivity contribution in [2.45, 2.75) is 25.8 Å². The van der Waals surface area contributed by atoms with Crippen LogP contribution in [0.4, 0.5) is 4.39 Å². The molecule has 0 fully saturated rings. The molecule has 1 amide bonds. The van der Waals surface area contributed by atoms with Gasteiger partial charge in [-0.3, -0.25) is 4.79 Å². The largest absolute Gasteiger partial charge is 0.497 e. The summed E-state index contributed by atoms with van der Waals surface area (Å²) in [4.78, 5) is 12.3. The predicted octanol–water partition coefficient (Wildman–Crippen LogP) is 2.02. The number of amides is 1. The molecule has 0 aliphatic carbocycles. The number of benzene rings is 1. The van der Waals surface area contributed by atoms with Crippen molar-refractivity contribution in [3.63, 3.8) is 0 Å². The van der Waals surface area contributed by atoms with Gasteiger partial charge in [0.15, 0.2) is 0 Å². The maximum atomic E-state index is 13.7. The van der Waals surface area contributed by atoms with E-state index in [0.29, 0.717) is 23.6 Å². The van der Waals surface area contributed by atoms with Gasteiger partial charge in [-0.05, 0) is 18.6 Å². The molecule has 1 rings (SSSR count). The zero-order chi connectivity index (χ0) is 14.4. The minimum Gasteiger partial charge on any atom is -0.497 e. The van der Waals surface area contributed by atoms with Crippen LogP contribution in [0, 0.1) is 5.82 Å². The SMILES string of the molecule is CCC(CC(N)=S)NC(=O)c1ccc(OC)cc1F. The molecule has 6 heteroatoms. The Hall–Kier alpha value is -1.69. The van der Waals surface area contributed by atoms with Crippen LogP contribution in [0.25, 0.3) is 0 Å². The highest BCUT2D eigenvalue weighted by Gasteiger charge is 2.16. The molecule has 0 saturated heterocycles. The van der Waals surface area contributed by atoms with Gasteiger partial charge in [0.05, 0.1) is 17.7 Å². The summed E-state index contributed by atoms with van der Waals surface area (Å²) in [7, 11) is 1.43. The first-order valence-corrected chi connectivity index (χ1v) is 6.31. The quantitative estimate of drug-likeness (QED) is 0.784. The Bertz CT molecular complexity index is 480. The molecule has 0 aliphatic rings. The summed E-state index contributed by atoms with van der Waals surface area (Å²) in [5, 5.41) is 2.71. The molecule has 0 aliphatic heterocycles. The molecule has 0 heterocycles. The molecule has 104 valence electrons. The van der Waals surface area contributed by atoms with E-state index in [1.54, 1.807) is 0 Å². The molecule has 0 radical (unpaired) electrons. The maximum absolute atomic E-state index is 13.7. The first-order chi connectivity index (χ1) is 8.97. The zero-order valence-corrected chi connectivity index (χ0v) is 11.7. The lowest BCUT2D eigenvalue weighted by molar-refractivity contribution is 0.0933. The van der Waals surface area contributed by atoms with Crippen LogP contribution < -0.4 is 15.8 Å². The molecule has 3 N–H and O–H groups in total. The Kier molecular flexibility index (Phi) is 5.69. The van der Waals surface area contributed by atoms with Crippen molar-refractivity contribution in [2.75, 3.05) is 7.11 Å². The van der Waals surface area contributed by atoms with Crippen LogP contribution >= 0.6 is 12.2 Å². The van der Waals surface area contributed by atoms with Crippen LogP contribution in [0.5, 0.6) is 5.75 Å². The zero-order valence-electron chi connectivity index (χ0n) is 10.9. The number of hydrogen-bond donors (Lipinski definition) is 2. The Morgan fingerprint density at radius 3 is 2.74 bits per heavy atom. The van der Waals surface area contributed by atoms with E-state index in [4.69, 9.17) is 22.7 Å². The Morgan fingerprint density at radius 2 is 2.26 bits per heavy atom. The Labute approximate surface area is 117 Å². The van der Waals surface area contributed by atoms with E-state index in [0.717, 1.165) is 0 Å². The molecule has 1 aromatic carbocycles. The highest BCUT2D eigenvalue weighted by atomic mass is 32.1. The van der Waals surface area contributed by atoms with Crippen molar-refractivity contribution in [2.24, 2.45) is 5.73 Å². The van der Waals surface area contributed by atoms with Gasteiger partial charge in [0.1, 0.15) is 11.6 Å². The number of thiocarbonyl (C=S) groups is 1. The average Bonchev–Trinajstić information content (AvgIpc) is 2.36. The Balaban J connectivity index is 2.79. The number of methoxy groups -OCH3 is 1. The van der Waals surface area contributed by atoms with Crippen molar-refractivity contribution < 1.29 is 13.9 Å². The van der Waals surface area contributed by atoms with E-state index in [9.17, 15) is 9.18 Å². The summed E-state index contributed by atoms with van der Waals surface area (Å²) in [6.07, 6.45) is 1.07. The van der Waals surface area contributed by atoms with Crippen LogP contribution in [-0.2, 0) is 0 Å². The molecule has 0 saturated carbocycles. The van der Waals surface area contributed by atoms with E-state index < -0.39 is 11.7 Å². The van der Waals surface area contributed by atoms with Crippen LogP contribution in [0.3, 0.4) is 0 Å². The number of rotatable bonds is 6. The van der Waals surface area contributed by atoms with Gasteiger partial charge in [-0.15, -0.1) is 0 Å². The third kappa shape index (κ3) is 4.48. The molecule has 0 bridgehead atoms. The third-order valence-corrected chi connectivity index (χ3v) is 2.86. The normalized spacial score (nSPS) is 11.7. The number of nitrogens with two attached hydrogens (primary N) is 1. The van der Waals surface area contributed by atoms with Crippen LogP contribution in [-0.4, -0.2) is 24.0 Å². The van der Waals surface area contributed by atoms with Crippen molar-refractivity contribution >= 4 is 23.1 Å². The fraction of sp³-hybridized carbons (Fsp3) is 0.385. The summed E-state index contributed by atoms with van der Waals surface area (Å²) in [6, 6.07) is 3.90. The summed E-state index contributed by atoms with van der Waals surface area (Å²) >= 11 is 4.80. The number of carbonyl (C=O) groups excluding carboxylic acids is 1. The second-order valence-corrected chi connectivity index (χ2v) is 4.62. The van der Waals surface area contributed by atoms with E-state index in [2.05, 4.69) is 5.32 Å². The number of nitrogens with one attached hydrogen (secondary N) is 1. The smallest absolute Gasteiger partial charge is 0.254 e.